The maximum absolute atomic E-state index is 2.56. The van der Waals surface area contributed by atoms with Gasteiger partial charge in [-0.05, 0) is 37.5 Å². The van der Waals surface area contributed by atoms with Gasteiger partial charge in [-0.25, -0.2) is 0 Å². The van der Waals surface area contributed by atoms with Crippen LogP contribution in [0.25, 0.3) is 0 Å². The van der Waals surface area contributed by atoms with Crippen LogP contribution in [0.1, 0.15) is 45.4 Å². The predicted octanol–water partition coefficient (Wildman–Crippen LogP) is 3.29. The van der Waals surface area contributed by atoms with Gasteiger partial charge in [-0.1, -0.05) is 25.0 Å². The molecular weight excluding hydrogens is 120 g/mol. The zero-order valence-electron chi connectivity index (χ0n) is 6.82. The van der Waals surface area contributed by atoms with Crippen molar-refractivity contribution < 1.29 is 0 Å². The third-order valence-corrected chi connectivity index (χ3v) is 3.04. The monoisotopic (exact) mass is 136 g/mol. The van der Waals surface area contributed by atoms with E-state index in [1.54, 1.807) is 5.57 Å². The molecule has 0 unspecified atom stereocenters. The van der Waals surface area contributed by atoms with Crippen LogP contribution in [0.5, 0.6) is 0 Å². The molecule has 0 aromatic carbocycles. The molecule has 0 amide bonds. The molecular formula is C10H16. The van der Waals surface area contributed by atoms with Crippen LogP contribution in [0, 0.1) is 5.41 Å². The van der Waals surface area contributed by atoms with Crippen LogP contribution < -0.4 is 0 Å². The van der Waals surface area contributed by atoms with E-state index in [-0.39, 0.29) is 0 Å². The van der Waals surface area contributed by atoms with Crippen molar-refractivity contribution in [2.75, 3.05) is 0 Å². The molecule has 2 aliphatic rings. The summed E-state index contributed by atoms with van der Waals surface area (Å²) in [5.74, 6) is 0. The molecule has 0 aromatic heterocycles. The van der Waals surface area contributed by atoms with E-state index in [1.807, 2.05) is 0 Å². The maximum Gasteiger partial charge on any atom is -0.0144 e. The molecule has 56 valence electrons. The van der Waals surface area contributed by atoms with Crippen LogP contribution in [-0.2, 0) is 0 Å². The number of hydrogen-bond acceptors (Lipinski definition) is 0. The second kappa shape index (κ2) is 2.11. The van der Waals surface area contributed by atoms with E-state index >= 15 is 0 Å². The number of hydrogen-bond donors (Lipinski definition) is 0. The SMILES string of the molecule is CC1(C=C2CCC2)CCC1. The van der Waals surface area contributed by atoms with Crippen LogP contribution in [-0.4, -0.2) is 0 Å². The Bertz CT molecular complexity index is 155. The standard InChI is InChI=1S/C10H16/c1-10(6-3-7-10)8-9-4-2-5-9/h8H,2-7H2,1H3. The largest absolute Gasteiger partial charge is 0.0794 e. The average molecular weight is 136 g/mol. The molecule has 2 fully saturated rings. The molecule has 0 bridgehead atoms. The smallest absolute Gasteiger partial charge is 0.0144 e. The first-order valence-corrected chi connectivity index (χ1v) is 4.49. The highest BCUT2D eigenvalue weighted by molar-refractivity contribution is 5.16. The van der Waals surface area contributed by atoms with Crippen LogP contribution in [0.2, 0.25) is 0 Å². The zero-order chi connectivity index (χ0) is 7.03. The lowest BCUT2D eigenvalue weighted by Gasteiger charge is -2.37. The Balaban J connectivity index is 1.98. The van der Waals surface area contributed by atoms with Gasteiger partial charge >= 0.3 is 0 Å². The summed E-state index contributed by atoms with van der Waals surface area (Å²) < 4.78 is 0. The Morgan fingerprint density at radius 2 is 1.90 bits per heavy atom. The van der Waals surface area contributed by atoms with Crippen molar-refractivity contribution in [1.29, 1.82) is 0 Å². The van der Waals surface area contributed by atoms with Gasteiger partial charge in [0.1, 0.15) is 0 Å². The highest BCUT2D eigenvalue weighted by Gasteiger charge is 2.30. The van der Waals surface area contributed by atoms with E-state index in [0.29, 0.717) is 5.41 Å². The Morgan fingerprint density at radius 3 is 2.20 bits per heavy atom. The zero-order valence-corrected chi connectivity index (χ0v) is 6.82. The minimum absolute atomic E-state index is 0.635. The topological polar surface area (TPSA) is 0 Å². The molecule has 0 saturated heterocycles. The molecule has 0 heterocycles. The fourth-order valence-electron chi connectivity index (χ4n) is 1.90. The van der Waals surface area contributed by atoms with E-state index in [4.69, 9.17) is 0 Å². The summed E-state index contributed by atoms with van der Waals surface area (Å²) in [5.41, 5.74) is 2.37. The molecule has 0 radical (unpaired) electrons. The molecule has 0 aromatic rings. The Labute approximate surface area is 63.3 Å². The van der Waals surface area contributed by atoms with Crippen LogP contribution in [0.3, 0.4) is 0 Å². The lowest BCUT2D eigenvalue weighted by atomic mass is 9.68. The third kappa shape index (κ3) is 1.00. The quantitative estimate of drug-likeness (QED) is 0.485. The Hall–Kier alpha value is -0.260. The molecule has 0 spiro atoms. The normalized spacial score (nSPS) is 28.7. The molecule has 0 heteroatoms. The number of allylic oxidation sites excluding steroid dienone is 2. The molecule has 2 aliphatic carbocycles. The van der Waals surface area contributed by atoms with E-state index in [0.717, 1.165) is 0 Å². The van der Waals surface area contributed by atoms with Crippen LogP contribution >= 0.6 is 0 Å². The van der Waals surface area contributed by atoms with Crippen LogP contribution in [0.15, 0.2) is 11.6 Å². The van der Waals surface area contributed by atoms with E-state index in [9.17, 15) is 0 Å². The predicted molar refractivity (Wildman–Crippen MR) is 43.9 cm³/mol. The minimum Gasteiger partial charge on any atom is -0.0794 e. The molecule has 2 rings (SSSR count). The summed E-state index contributed by atoms with van der Waals surface area (Å²) in [4.78, 5) is 0. The average Bonchev–Trinajstić information content (AvgIpc) is 1.74. The van der Waals surface area contributed by atoms with Gasteiger partial charge in [0, 0.05) is 0 Å². The van der Waals surface area contributed by atoms with Gasteiger partial charge in [-0.3, -0.25) is 0 Å². The lowest BCUT2D eigenvalue weighted by Crippen LogP contribution is -2.23. The highest BCUT2D eigenvalue weighted by Crippen LogP contribution is 2.44. The first kappa shape index (κ1) is 6.45. The fourth-order valence-corrected chi connectivity index (χ4v) is 1.90. The van der Waals surface area contributed by atoms with E-state index in [1.165, 1.54) is 38.5 Å². The summed E-state index contributed by atoms with van der Waals surface area (Å²) in [6.45, 7) is 2.40. The summed E-state index contributed by atoms with van der Waals surface area (Å²) >= 11 is 0. The number of rotatable bonds is 1. The van der Waals surface area contributed by atoms with Gasteiger partial charge in [0.15, 0.2) is 0 Å². The highest BCUT2D eigenvalue weighted by atomic mass is 14.3. The van der Waals surface area contributed by atoms with Crippen molar-refractivity contribution in [3.05, 3.63) is 11.6 Å². The van der Waals surface area contributed by atoms with E-state index in [2.05, 4.69) is 13.0 Å². The molecule has 10 heavy (non-hydrogen) atoms. The third-order valence-electron chi connectivity index (χ3n) is 3.04. The first-order valence-electron chi connectivity index (χ1n) is 4.49. The van der Waals surface area contributed by atoms with Gasteiger partial charge < -0.3 is 0 Å². The van der Waals surface area contributed by atoms with Gasteiger partial charge in [0.25, 0.3) is 0 Å². The van der Waals surface area contributed by atoms with Crippen molar-refractivity contribution in [3.8, 4) is 0 Å². The summed E-state index contributed by atoms with van der Waals surface area (Å²) in [6, 6.07) is 0. The first-order chi connectivity index (χ1) is 4.79. The van der Waals surface area contributed by atoms with Crippen molar-refractivity contribution in [3.63, 3.8) is 0 Å². The van der Waals surface area contributed by atoms with Crippen molar-refractivity contribution in [1.82, 2.24) is 0 Å². The summed E-state index contributed by atoms with van der Waals surface area (Å²) in [5, 5.41) is 0. The van der Waals surface area contributed by atoms with Crippen LogP contribution in [0.4, 0.5) is 0 Å². The van der Waals surface area contributed by atoms with E-state index < -0.39 is 0 Å². The van der Waals surface area contributed by atoms with Crippen molar-refractivity contribution in [2.45, 2.75) is 45.4 Å². The second-order valence-electron chi connectivity index (χ2n) is 4.16. The molecule has 2 saturated carbocycles. The molecule has 0 atom stereocenters. The molecule has 0 nitrogen and oxygen atoms in total. The summed E-state index contributed by atoms with van der Waals surface area (Å²) in [7, 11) is 0. The van der Waals surface area contributed by atoms with Gasteiger partial charge in [0.05, 0.1) is 0 Å². The van der Waals surface area contributed by atoms with Gasteiger partial charge in [-0.15, -0.1) is 0 Å². The maximum atomic E-state index is 2.56. The van der Waals surface area contributed by atoms with Crippen molar-refractivity contribution >= 4 is 0 Å². The summed E-state index contributed by atoms with van der Waals surface area (Å²) in [6.07, 6.45) is 11.1. The van der Waals surface area contributed by atoms with Gasteiger partial charge in [-0.2, -0.15) is 0 Å². The lowest BCUT2D eigenvalue weighted by molar-refractivity contribution is 0.230. The Morgan fingerprint density at radius 1 is 1.20 bits per heavy atom. The minimum atomic E-state index is 0.635. The van der Waals surface area contributed by atoms with Crippen molar-refractivity contribution in [2.24, 2.45) is 5.41 Å². The second-order valence-corrected chi connectivity index (χ2v) is 4.16. The van der Waals surface area contributed by atoms with Gasteiger partial charge in [0.2, 0.25) is 0 Å². The Kier molecular flexibility index (Phi) is 1.36. The molecule has 0 N–H and O–H groups in total. The fraction of sp³-hybridized carbons (Fsp3) is 0.800. The molecule has 0 aliphatic heterocycles.